The molecule has 0 radical (unpaired) electrons. The predicted octanol–water partition coefficient (Wildman–Crippen LogP) is 5.62. The molecular weight excluding hydrogens is 608 g/mol. The summed E-state index contributed by atoms with van der Waals surface area (Å²) in [6.45, 7) is 9.06. The van der Waals surface area contributed by atoms with Crippen LogP contribution in [0.3, 0.4) is 0 Å². The van der Waals surface area contributed by atoms with Crippen LogP contribution in [0, 0.1) is 17.3 Å². The molecule has 9 nitrogen and oxygen atoms in total. The molecule has 3 aromatic carbocycles. The first-order chi connectivity index (χ1) is 22.9. The van der Waals surface area contributed by atoms with E-state index in [0.717, 1.165) is 21.9 Å². The van der Waals surface area contributed by atoms with Crippen molar-refractivity contribution in [3.63, 3.8) is 0 Å². The summed E-state index contributed by atoms with van der Waals surface area (Å²) in [5.74, 6) is -2.36. The molecule has 6 atom stereocenters. The van der Waals surface area contributed by atoms with Crippen LogP contribution < -0.4 is 10.6 Å². The van der Waals surface area contributed by atoms with E-state index >= 15 is 0 Å². The van der Waals surface area contributed by atoms with E-state index in [2.05, 4.69) is 10.6 Å². The van der Waals surface area contributed by atoms with Crippen LogP contribution >= 0.6 is 0 Å². The number of hydrogen-bond donors (Lipinski definition) is 2. The van der Waals surface area contributed by atoms with Crippen LogP contribution in [0.15, 0.2) is 84.9 Å². The molecule has 3 aromatic rings. The summed E-state index contributed by atoms with van der Waals surface area (Å²) in [5, 5.41) is 7.77. The van der Waals surface area contributed by atoms with E-state index in [9.17, 15) is 19.2 Å². The van der Waals surface area contributed by atoms with E-state index in [4.69, 9.17) is 14.2 Å². The molecular formula is C39H46N2O7. The summed E-state index contributed by atoms with van der Waals surface area (Å²) in [5.41, 5.74) is 0.742. The maximum atomic E-state index is 13.6. The predicted molar refractivity (Wildman–Crippen MR) is 183 cm³/mol. The summed E-state index contributed by atoms with van der Waals surface area (Å²) in [6, 6.07) is 22.8. The Hall–Kier alpha value is -4.50. The highest BCUT2D eigenvalue weighted by Crippen LogP contribution is 2.45. The van der Waals surface area contributed by atoms with Gasteiger partial charge in [-0.05, 0) is 54.2 Å². The number of fused-ring (bicyclic) bond motifs is 1. The van der Waals surface area contributed by atoms with Crippen LogP contribution in [-0.2, 0) is 39.8 Å². The topological polar surface area (TPSA) is 123 Å². The molecule has 2 aliphatic heterocycles. The monoisotopic (exact) mass is 654 g/mol. The van der Waals surface area contributed by atoms with Gasteiger partial charge >= 0.3 is 11.9 Å². The number of carbonyl (C=O) groups excluding carboxylic acids is 4. The number of epoxide rings is 1. The summed E-state index contributed by atoms with van der Waals surface area (Å²) >= 11 is 0. The molecule has 0 spiro atoms. The second kappa shape index (κ2) is 15.2. The SMILES string of the molecule is CC(C)C[C@@H]1OC(=O)C(C)(C)CNC(=O)[C@@H](Cc2ccc3ccccc3c2)NC(=O)/C=C/C[C@@H]([C@H](C)[C@@H]2O[C@H]2c2ccccc2)OC1=O. The van der Waals surface area contributed by atoms with E-state index in [0.29, 0.717) is 0 Å². The molecule has 2 N–H and O–H groups in total. The number of cyclic esters (lactones) is 2. The van der Waals surface area contributed by atoms with Gasteiger partial charge in [-0.3, -0.25) is 14.4 Å². The first kappa shape index (κ1) is 34.8. The average molecular weight is 655 g/mol. The third kappa shape index (κ3) is 8.89. The minimum absolute atomic E-state index is 0.0355. The Morgan fingerprint density at radius 3 is 2.31 bits per heavy atom. The summed E-state index contributed by atoms with van der Waals surface area (Å²) in [7, 11) is 0. The minimum Gasteiger partial charge on any atom is -0.459 e. The zero-order valence-corrected chi connectivity index (χ0v) is 28.3. The van der Waals surface area contributed by atoms with E-state index in [-0.39, 0.29) is 49.9 Å². The second-order valence-electron chi connectivity index (χ2n) is 14.0. The molecule has 254 valence electrons. The van der Waals surface area contributed by atoms with Gasteiger partial charge in [-0.15, -0.1) is 0 Å². The maximum Gasteiger partial charge on any atom is 0.347 e. The van der Waals surface area contributed by atoms with Gasteiger partial charge in [0, 0.05) is 25.3 Å². The fourth-order valence-corrected chi connectivity index (χ4v) is 5.99. The standard InChI is InChI=1S/C39H46N2O7/c1-24(2)20-32-37(44)46-31(25(3)34-35(48-34)28-13-7-6-8-14-28)16-11-17-33(42)41-30(36(43)40-23-39(4,5)38(45)47-32)22-26-18-19-27-12-9-10-15-29(27)21-26/h6-15,17-19,21,24-25,30-32,34-35H,16,20,22-23H2,1-5H3,(H,40,43)(H,41,42)/b17-11+/t25-,30+,31-,32-,34-,35-/m0/s1. The quantitative estimate of drug-likeness (QED) is 0.251. The average Bonchev–Trinajstić information content (AvgIpc) is 3.87. The largest absolute Gasteiger partial charge is 0.459 e. The summed E-state index contributed by atoms with van der Waals surface area (Å²) < 4.78 is 17.9. The molecule has 48 heavy (non-hydrogen) atoms. The normalized spacial score (nSPS) is 26.6. The van der Waals surface area contributed by atoms with Gasteiger partial charge in [0.2, 0.25) is 11.8 Å². The molecule has 1 saturated heterocycles. The molecule has 0 bridgehead atoms. The van der Waals surface area contributed by atoms with Crippen molar-refractivity contribution in [2.45, 2.75) is 84.3 Å². The molecule has 0 aliphatic carbocycles. The minimum atomic E-state index is -1.17. The molecule has 2 aliphatic rings. The third-order valence-electron chi connectivity index (χ3n) is 9.00. The smallest absolute Gasteiger partial charge is 0.347 e. The fraction of sp³-hybridized carbons (Fsp3) is 0.436. The highest BCUT2D eigenvalue weighted by Gasteiger charge is 2.48. The van der Waals surface area contributed by atoms with Crippen LogP contribution in [0.1, 0.15) is 64.7 Å². The molecule has 2 amide bonds. The molecule has 0 saturated carbocycles. The third-order valence-corrected chi connectivity index (χ3v) is 9.00. The number of benzene rings is 3. The lowest BCUT2D eigenvalue weighted by molar-refractivity contribution is -0.179. The lowest BCUT2D eigenvalue weighted by atomic mass is 9.92. The summed E-state index contributed by atoms with van der Waals surface area (Å²) in [4.78, 5) is 53.9. The first-order valence-corrected chi connectivity index (χ1v) is 16.8. The van der Waals surface area contributed by atoms with Gasteiger partial charge in [0.1, 0.15) is 18.2 Å². The Balaban J connectivity index is 1.40. The molecule has 9 heteroatoms. The van der Waals surface area contributed by atoms with Crippen molar-refractivity contribution >= 4 is 34.5 Å². The zero-order valence-electron chi connectivity index (χ0n) is 28.3. The maximum absolute atomic E-state index is 13.6. The molecule has 2 heterocycles. The van der Waals surface area contributed by atoms with Gasteiger partial charge in [-0.1, -0.05) is 99.6 Å². The van der Waals surface area contributed by atoms with Gasteiger partial charge in [0.15, 0.2) is 6.10 Å². The Labute approximate surface area is 282 Å². The Bertz CT molecular complexity index is 1650. The molecule has 0 unspecified atom stereocenters. The Kier molecular flexibility index (Phi) is 11.0. The van der Waals surface area contributed by atoms with Crippen molar-refractivity contribution in [3.8, 4) is 0 Å². The van der Waals surface area contributed by atoms with Crippen LogP contribution in [0.4, 0.5) is 0 Å². The highest BCUT2D eigenvalue weighted by atomic mass is 16.6. The second-order valence-corrected chi connectivity index (χ2v) is 14.0. The van der Waals surface area contributed by atoms with Crippen molar-refractivity contribution in [2.75, 3.05) is 6.54 Å². The number of nitrogens with one attached hydrogen (secondary N) is 2. The Morgan fingerprint density at radius 2 is 1.58 bits per heavy atom. The van der Waals surface area contributed by atoms with E-state index in [1.807, 2.05) is 93.6 Å². The Morgan fingerprint density at radius 1 is 0.875 bits per heavy atom. The van der Waals surface area contributed by atoms with Crippen molar-refractivity contribution in [1.29, 1.82) is 0 Å². The van der Waals surface area contributed by atoms with Crippen molar-refractivity contribution < 1.29 is 33.4 Å². The number of hydrogen-bond acceptors (Lipinski definition) is 7. The molecule has 5 rings (SSSR count). The van der Waals surface area contributed by atoms with Crippen molar-refractivity contribution in [2.24, 2.45) is 17.3 Å². The number of rotatable bonds is 7. The van der Waals surface area contributed by atoms with Crippen LogP contribution in [0.5, 0.6) is 0 Å². The highest BCUT2D eigenvalue weighted by molar-refractivity contribution is 5.93. The van der Waals surface area contributed by atoms with E-state index < -0.39 is 47.4 Å². The molecule has 1 fully saturated rings. The number of amides is 2. The fourth-order valence-electron chi connectivity index (χ4n) is 5.99. The van der Waals surface area contributed by atoms with Crippen molar-refractivity contribution in [1.82, 2.24) is 10.6 Å². The van der Waals surface area contributed by atoms with Crippen molar-refractivity contribution in [3.05, 3.63) is 96.1 Å². The van der Waals surface area contributed by atoms with E-state index in [1.165, 1.54) is 6.08 Å². The summed E-state index contributed by atoms with van der Waals surface area (Å²) in [6.07, 6.45) is 1.63. The number of esters is 2. The number of ether oxygens (including phenoxy) is 3. The van der Waals surface area contributed by atoms with Gasteiger partial charge in [0.05, 0.1) is 11.5 Å². The van der Waals surface area contributed by atoms with Crippen LogP contribution in [0.2, 0.25) is 0 Å². The molecule has 0 aromatic heterocycles. The lowest BCUT2D eigenvalue weighted by Crippen LogP contribution is -2.51. The van der Waals surface area contributed by atoms with Gasteiger partial charge < -0.3 is 24.8 Å². The lowest BCUT2D eigenvalue weighted by Gasteiger charge is -2.29. The van der Waals surface area contributed by atoms with Gasteiger partial charge in [0.25, 0.3) is 0 Å². The van der Waals surface area contributed by atoms with Crippen LogP contribution in [0.25, 0.3) is 10.8 Å². The number of carbonyl (C=O) groups is 4. The first-order valence-electron chi connectivity index (χ1n) is 16.8. The van der Waals surface area contributed by atoms with Gasteiger partial charge in [-0.25, -0.2) is 4.79 Å². The zero-order chi connectivity index (χ0) is 34.4. The van der Waals surface area contributed by atoms with Gasteiger partial charge in [-0.2, -0.15) is 0 Å². The van der Waals surface area contributed by atoms with Crippen LogP contribution in [-0.4, -0.2) is 54.7 Å². The van der Waals surface area contributed by atoms with E-state index in [1.54, 1.807) is 19.9 Å².